The summed E-state index contributed by atoms with van der Waals surface area (Å²) in [5.41, 5.74) is -2.39. The van der Waals surface area contributed by atoms with E-state index in [1.165, 1.54) is 27.7 Å². The third-order valence-electron chi connectivity index (χ3n) is 3.22. The minimum Gasteiger partial charge on any atom is -0.371 e. The Kier molecular flexibility index (Phi) is 3.05. The summed E-state index contributed by atoms with van der Waals surface area (Å²) in [4.78, 5) is 0. The number of halogens is 3. The summed E-state index contributed by atoms with van der Waals surface area (Å²) in [6.07, 6.45) is -5.10. The molecule has 0 aliphatic carbocycles. The zero-order valence-electron chi connectivity index (χ0n) is 10.3. The van der Waals surface area contributed by atoms with Gasteiger partial charge in [0.25, 0.3) is 5.34 Å². The average molecular weight is 276 g/mol. The third kappa shape index (κ3) is 2.03. The third-order valence-corrected chi connectivity index (χ3v) is 5.93. The Balaban J connectivity index is 3.23. The van der Waals surface area contributed by atoms with Gasteiger partial charge in [-0.2, -0.15) is 13.2 Å². The van der Waals surface area contributed by atoms with Gasteiger partial charge in [-0.15, -0.1) is 0 Å². The fourth-order valence-electron chi connectivity index (χ4n) is 1.17. The summed E-state index contributed by atoms with van der Waals surface area (Å²) in [6.45, 7) is 6.22. The second kappa shape index (κ2) is 3.47. The normalized spacial score (nSPS) is 29.9. The van der Waals surface area contributed by atoms with Crippen LogP contribution in [0.25, 0.3) is 0 Å². The summed E-state index contributed by atoms with van der Waals surface area (Å²) < 4.78 is 59.9. The fraction of sp³-hybridized carbons (Fsp3) is 1.00. The van der Waals surface area contributed by atoms with E-state index in [4.69, 9.17) is 9.05 Å². The van der Waals surface area contributed by atoms with E-state index in [1.54, 1.807) is 0 Å². The maximum absolute atomic E-state index is 12.7. The molecule has 0 aromatic carbocycles. The maximum atomic E-state index is 12.7. The zero-order chi connectivity index (χ0) is 13.9. The molecule has 1 atom stereocenters. The Morgan fingerprint density at radius 1 is 1.06 bits per heavy atom. The smallest absolute Gasteiger partial charge is 0.371 e. The molecule has 17 heavy (non-hydrogen) atoms. The van der Waals surface area contributed by atoms with Gasteiger partial charge in [-0.05, 0) is 34.6 Å². The first-order valence-electron chi connectivity index (χ1n) is 4.97. The first-order valence-corrected chi connectivity index (χ1v) is 6.51. The summed E-state index contributed by atoms with van der Waals surface area (Å²) in [6, 6.07) is 0. The Hall–Kier alpha value is -0.100. The van der Waals surface area contributed by atoms with Crippen molar-refractivity contribution in [1.82, 2.24) is 0 Å². The largest absolute Gasteiger partial charge is 0.428 e. The van der Waals surface area contributed by atoms with Crippen LogP contribution in [0.4, 0.5) is 13.2 Å². The van der Waals surface area contributed by atoms with Gasteiger partial charge in [0.1, 0.15) is 11.2 Å². The molecule has 0 amide bonds. The van der Waals surface area contributed by atoms with E-state index in [2.05, 4.69) is 0 Å². The molecule has 1 aliphatic heterocycles. The topological polar surface area (TPSA) is 55.8 Å². The standard InChI is InChI=1S/C9H16F3O4P/c1-6(2)7(3,4)16-17(14,15-6)8(5,13)9(10,11)12/h13H,1-5H3. The molecule has 0 radical (unpaired) electrons. The van der Waals surface area contributed by atoms with Crippen molar-refractivity contribution >= 4 is 7.60 Å². The summed E-state index contributed by atoms with van der Waals surface area (Å²) in [5.74, 6) is 0. The molecular formula is C9H16F3O4P. The lowest BCUT2D eigenvalue weighted by Crippen LogP contribution is -2.42. The number of alkyl halides is 3. The monoisotopic (exact) mass is 276 g/mol. The Morgan fingerprint density at radius 3 is 1.59 bits per heavy atom. The Labute approximate surface area is 97.6 Å². The molecule has 0 spiro atoms. The number of rotatable bonds is 1. The molecule has 102 valence electrons. The van der Waals surface area contributed by atoms with Gasteiger partial charge in [-0.25, -0.2) is 0 Å². The van der Waals surface area contributed by atoms with Crippen molar-refractivity contribution in [3.63, 3.8) is 0 Å². The van der Waals surface area contributed by atoms with Crippen LogP contribution < -0.4 is 0 Å². The summed E-state index contributed by atoms with van der Waals surface area (Å²) >= 11 is 0. The highest BCUT2D eigenvalue weighted by Crippen LogP contribution is 2.73. The fourth-order valence-corrected chi connectivity index (χ4v) is 3.52. The van der Waals surface area contributed by atoms with Crippen molar-refractivity contribution in [2.45, 2.75) is 57.3 Å². The first kappa shape index (κ1) is 15.0. The molecule has 4 nitrogen and oxygen atoms in total. The molecule has 0 bridgehead atoms. The number of hydrogen-bond acceptors (Lipinski definition) is 4. The van der Waals surface area contributed by atoms with Crippen LogP contribution in [-0.4, -0.2) is 27.8 Å². The lowest BCUT2D eigenvalue weighted by Gasteiger charge is -2.30. The summed E-state index contributed by atoms with van der Waals surface area (Å²) in [5, 5.41) is 5.91. The van der Waals surface area contributed by atoms with Crippen molar-refractivity contribution in [1.29, 1.82) is 0 Å². The van der Waals surface area contributed by atoms with Gasteiger partial charge >= 0.3 is 13.8 Å². The first-order chi connectivity index (χ1) is 7.16. The average Bonchev–Trinajstić information content (AvgIpc) is 2.14. The highest BCUT2D eigenvalue weighted by atomic mass is 31.2. The lowest BCUT2D eigenvalue weighted by atomic mass is 9.90. The highest BCUT2D eigenvalue weighted by molar-refractivity contribution is 7.55. The molecule has 1 N–H and O–H groups in total. The predicted octanol–water partition coefficient (Wildman–Crippen LogP) is 3.05. The quantitative estimate of drug-likeness (QED) is 0.748. The van der Waals surface area contributed by atoms with Crippen LogP contribution in [0.1, 0.15) is 34.6 Å². The van der Waals surface area contributed by atoms with Crippen LogP contribution in [0, 0.1) is 0 Å². The molecule has 1 rings (SSSR count). The van der Waals surface area contributed by atoms with Gasteiger partial charge in [-0.1, -0.05) is 0 Å². The van der Waals surface area contributed by atoms with Gasteiger partial charge in [0.2, 0.25) is 0 Å². The molecule has 1 heterocycles. The van der Waals surface area contributed by atoms with Crippen molar-refractivity contribution in [2.24, 2.45) is 0 Å². The minimum absolute atomic E-state index is 0.394. The second-order valence-electron chi connectivity index (χ2n) is 5.22. The molecule has 1 aliphatic rings. The molecule has 1 saturated heterocycles. The summed E-state index contributed by atoms with van der Waals surface area (Å²) in [7, 11) is -4.71. The minimum atomic E-state index is -5.10. The molecular weight excluding hydrogens is 260 g/mol. The van der Waals surface area contributed by atoms with Crippen LogP contribution >= 0.6 is 7.60 Å². The van der Waals surface area contributed by atoms with Gasteiger partial charge < -0.3 is 5.11 Å². The van der Waals surface area contributed by atoms with E-state index in [-0.39, 0.29) is 0 Å². The van der Waals surface area contributed by atoms with Crippen LogP contribution in [-0.2, 0) is 13.6 Å². The second-order valence-corrected chi connectivity index (χ2v) is 7.45. The Bertz CT molecular complexity index is 353. The zero-order valence-corrected chi connectivity index (χ0v) is 11.1. The molecule has 8 heteroatoms. The highest BCUT2D eigenvalue weighted by Gasteiger charge is 2.71. The van der Waals surface area contributed by atoms with Crippen molar-refractivity contribution < 1.29 is 31.9 Å². The van der Waals surface area contributed by atoms with Crippen LogP contribution in [0.3, 0.4) is 0 Å². The lowest BCUT2D eigenvalue weighted by molar-refractivity contribution is -0.223. The molecule has 1 unspecified atom stereocenters. The van der Waals surface area contributed by atoms with Crippen molar-refractivity contribution in [2.75, 3.05) is 0 Å². The predicted molar refractivity (Wildman–Crippen MR) is 54.6 cm³/mol. The van der Waals surface area contributed by atoms with E-state index in [1.807, 2.05) is 0 Å². The van der Waals surface area contributed by atoms with E-state index >= 15 is 0 Å². The van der Waals surface area contributed by atoms with Gasteiger partial charge in [-0.3, -0.25) is 13.6 Å². The van der Waals surface area contributed by atoms with Crippen LogP contribution in [0.5, 0.6) is 0 Å². The van der Waals surface area contributed by atoms with E-state index < -0.39 is 30.3 Å². The molecule has 0 aromatic heterocycles. The van der Waals surface area contributed by atoms with Gasteiger partial charge in [0.15, 0.2) is 0 Å². The van der Waals surface area contributed by atoms with Gasteiger partial charge in [0, 0.05) is 0 Å². The number of hydrogen-bond donors (Lipinski definition) is 1. The van der Waals surface area contributed by atoms with Gasteiger partial charge in [0.05, 0.1) is 0 Å². The number of aliphatic hydroxyl groups is 1. The molecule has 1 fully saturated rings. The van der Waals surface area contributed by atoms with Crippen LogP contribution in [0.15, 0.2) is 0 Å². The van der Waals surface area contributed by atoms with Crippen molar-refractivity contribution in [3.8, 4) is 0 Å². The van der Waals surface area contributed by atoms with E-state index in [0.29, 0.717) is 6.92 Å². The van der Waals surface area contributed by atoms with Crippen molar-refractivity contribution in [3.05, 3.63) is 0 Å². The van der Waals surface area contributed by atoms with E-state index in [9.17, 15) is 22.8 Å². The Morgan fingerprint density at radius 2 is 1.35 bits per heavy atom. The maximum Gasteiger partial charge on any atom is 0.428 e. The SMILES string of the molecule is CC1(C)OP(=O)(C(C)(O)C(F)(F)F)OC1(C)C. The molecule has 0 saturated carbocycles. The van der Waals surface area contributed by atoms with E-state index in [0.717, 1.165) is 0 Å². The molecule has 0 aromatic rings. The van der Waals surface area contributed by atoms with Crippen LogP contribution in [0.2, 0.25) is 0 Å².